The minimum atomic E-state index is -0.529. The first-order chi connectivity index (χ1) is 16.8. The van der Waals surface area contributed by atoms with Gasteiger partial charge in [-0.1, -0.05) is 17.7 Å². The predicted octanol–water partition coefficient (Wildman–Crippen LogP) is 4.05. The molecule has 4 rings (SSSR count). The topological polar surface area (TPSA) is 94.6 Å². The van der Waals surface area contributed by atoms with Gasteiger partial charge < -0.3 is 20.4 Å². The number of anilines is 3. The van der Waals surface area contributed by atoms with Crippen LogP contribution in [0, 0.1) is 5.82 Å². The number of pyridine rings is 1. The molecule has 1 aromatic heterocycles. The molecule has 0 bridgehead atoms. The molecule has 35 heavy (non-hydrogen) atoms. The van der Waals surface area contributed by atoms with Gasteiger partial charge in [0.1, 0.15) is 11.6 Å². The summed E-state index contributed by atoms with van der Waals surface area (Å²) in [5.41, 5.74) is 1.19. The van der Waals surface area contributed by atoms with Gasteiger partial charge in [-0.15, -0.1) is 0 Å². The summed E-state index contributed by atoms with van der Waals surface area (Å²) in [6.07, 6.45) is 1.49. The molecule has 0 spiro atoms. The molecule has 1 aliphatic rings. The van der Waals surface area contributed by atoms with Crippen LogP contribution in [0.5, 0.6) is 0 Å². The van der Waals surface area contributed by atoms with E-state index in [0.29, 0.717) is 37.4 Å². The van der Waals surface area contributed by atoms with E-state index in [0.717, 1.165) is 11.9 Å². The summed E-state index contributed by atoms with van der Waals surface area (Å²) in [6.45, 7) is 4.17. The summed E-state index contributed by atoms with van der Waals surface area (Å²) in [5, 5.41) is 5.66. The minimum Gasteiger partial charge on any atom is -0.353 e. The Labute approximate surface area is 206 Å². The standard InChI is InChI=1S/C25H23ClFN5O3/c1-16(33)31-9-11-32(12-10-31)23-8-5-18(15-28-23)25(35)29-20-6-7-21(26)22(14-20)30-24(34)17-3-2-4-19(27)13-17/h2-8,13-15H,9-12H2,1H3,(H,29,35)(H,30,34). The fourth-order valence-corrected chi connectivity index (χ4v) is 3.85. The fraction of sp³-hybridized carbons (Fsp3) is 0.200. The summed E-state index contributed by atoms with van der Waals surface area (Å²) >= 11 is 6.19. The number of aromatic nitrogens is 1. The van der Waals surface area contributed by atoms with Crippen molar-refractivity contribution in [3.63, 3.8) is 0 Å². The zero-order valence-corrected chi connectivity index (χ0v) is 19.7. The van der Waals surface area contributed by atoms with Gasteiger partial charge in [0.15, 0.2) is 0 Å². The lowest BCUT2D eigenvalue weighted by Crippen LogP contribution is -2.48. The maximum Gasteiger partial charge on any atom is 0.257 e. The Morgan fingerprint density at radius 2 is 1.66 bits per heavy atom. The highest BCUT2D eigenvalue weighted by Gasteiger charge is 2.20. The molecule has 2 aromatic carbocycles. The molecule has 0 saturated carbocycles. The highest BCUT2D eigenvalue weighted by molar-refractivity contribution is 6.34. The number of hydrogen-bond acceptors (Lipinski definition) is 5. The third kappa shape index (κ3) is 5.93. The number of benzene rings is 2. The van der Waals surface area contributed by atoms with Gasteiger partial charge in [0, 0.05) is 50.6 Å². The van der Waals surface area contributed by atoms with Gasteiger partial charge in [-0.3, -0.25) is 14.4 Å². The van der Waals surface area contributed by atoms with Gasteiger partial charge in [0.2, 0.25) is 5.91 Å². The highest BCUT2D eigenvalue weighted by Crippen LogP contribution is 2.26. The minimum absolute atomic E-state index is 0.0588. The Bertz CT molecular complexity index is 1260. The van der Waals surface area contributed by atoms with Crippen LogP contribution < -0.4 is 15.5 Å². The molecular formula is C25H23ClFN5O3. The Kier molecular flexibility index (Phi) is 7.26. The van der Waals surface area contributed by atoms with Crippen molar-refractivity contribution in [3.05, 3.63) is 82.8 Å². The summed E-state index contributed by atoms with van der Waals surface area (Å²) < 4.78 is 13.4. The molecule has 2 heterocycles. The Hall–Kier alpha value is -3.98. The number of halogens is 2. The lowest BCUT2D eigenvalue weighted by atomic mass is 10.2. The van der Waals surface area contributed by atoms with Crippen molar-refractivity contribution in [1.29, 1.82) is 0 Å². The fourth-order valence-electron chi connectivity index (χ4n) is 3.68. The van der Waals surface area contributed by atoms with Crippen LogP contribution in [0.3, 0.4) is 0 Å². The van der Waals surface area contributed by atoms with E-state index in [4.69, 9.17) is 11.6 Å². The van der Waals surface area contributed by atoms with Crippen LogP contribution in [-0.2, 0) is 4.79 Å². The van der Waals surface area contributed by atoms with Crippen molar-refractivity contribution < 1.29 is 18.8 Å². The van der Waals surface area contributed by atoms with Crippen molar-refractivity contribution in [1.82, 2.24) is 9.88 Å². The zero-order valence-electron chi connectivity index (χ0n) is 18.9. The second-order valence-electron chi connectivity index (χ2n) is 8.01. The number of piperazine rings is 1. The molecule has 3 aromatic rings. The molecule has 1 saturated heterocycles. The van der Waals surface area contributed by atoms with E-state index in [2.05, 4.69) is 20.5 Å². The first-order valence-electron chi connectivity index (χ1n) is 10.9. The first kappa shape index (κ1) is 24.2. The lowest BCUT2D eigenvalue weighted by Gasteiger charge is -2.34. The first-order valence-corrected chi connectivity index (χ1v) is 11.3. The maximum absolute atomic E-state index is 13.4. The van der Waals surface area contributed by atoms with E-state index in [-0.39, 0.29) is 28.1 Å². The number of carbonyl (C=O) groups is 3. The Morgan fingerprint density at radius 3 is 2.31 bits per heavy atom. The Morgan fingerprint density at radius 1 is 0.914 bits per heavy atom. The molecule has 8 nitrogen and oxygen atoms in total. The molecule has 1 fully saturated rings. The second kappa shape index (κ2) is 10.5. The predicted molar refractivity (Wildman–Crippen MR) is 132 cm³/mol. The van der Waals surface area contributed by atoms with Gasteiger partial charge in [0.25, 0.3) is 11.8 Å². The molecule has 10 heteroatoms. The van der Waals surface area contributed by atoms with Crippen LogP contribution in [-0.4, -0.2) is 53.8 Å². The summed E-state index contributed by atoms with van der Waals surface area (Å²) in [7, 11) is 0. The van der Waals surface area contributed by atoms with E-state index >= 15 is 0 Å². The second-order valence-corrected chi connectivity index (χ2v) is 8.42. The normalized spacial score (nSPS) is 13.3. The van der Waals surface area contributed by atoms with Crippen molar-refractivity contribution in [2.75, 3.05) is 41.7 Å². The van der Waals surface area contributed by atoms with Crippen LogP contribution >= 0.6 is 11.6 Å². The third-order valence-electron chi connectivity index (χ3n) is 5.62. The van der Waals surface area contributed by atoms with E-state index in [1.54, 1.807) is 36.1 Å². The van der Waals surface area contributed by atoms with E-state index in [1.807, 2.05) is 0 Å². The van der Waals surface area contributed by atoms with E-state index in [9.17, 15) is 18.8 Å². The molecule has 0 unspecified atom stereocenters. The molecule has 2 N–H and O–H groups in total. The molecule has 3 amide bonds. The average molecular weight is 496 g/mol. The van der Waals surface area contributed by atoms with E-state index < -0.39 is 11.7 Å². The summed E-state index contributed by atoms with van der Waals surface area (Å²) in [4.78, 5) is 44.9. The van der Waals surface area contributed by atoms with Crippen LogP contribution in [0.25, 0.3) is 0 Å². The summed E-state index contributed by atoms with van der Waals surface area (Å²) in [5.74, 6) is -0.640. The van der Waals surface area contributed by atoms with Crippen LogP contribution in [0.15, 0.2) is 60.8 Å². The van der Waals surface area contributed by atoms with Gasteiger partial charge in [-0.05, 0) is 48.5 Å². The van der Waals surface area contributed by atoms with Gasteiger partial charge in [-0.2, -0.15) is 0 Å². The SMILES string of the molecule is CC(=O)N1CCN(c2ccc(C(=O)Nc3ccc(Cl)c(NC(=O)c4cccc(F)c4)c3)cn2)CC1. The molecular weight excluding hydrogens is 473 g/mol. The Balaban J connectivity index is 1.40. The third-order valence-corrected chi connectivity index (χ3v) is 5.95. The highest BCUT2D eigenvalue weighted by atomic mass is 35.5. The van der Waals surface area contributed by atoms with Crippen LogP contribution in [0.1, 0.15) is 27.6 Å². The average Bonchev–Trinajstić information content (AvgIpc) is 2.86. The van der Waals surface area contributed by atoms with Crippen molar-refractivity contribution in [2.24, 2.45) is 0 Å². The number of hydrogen-bond donors (Lipinski definition) is 2. The summed E-state index contributed by atoms with van der Waals surface area (Å²) in [6, 6.07) is 13.4. The molecule has 1 aliphatic heterocycles. The molecule has 0 atom stereocenters. The lowest BCUT2D eigenvalue weighted by molar-refractivity contribution is -0.129. The smallest absolute Gasteiger partial charge is 0.257 e. The van der Waals surface area contributed by atoms with Crippen LogP contribution in [0.4, 0.5) is 21.6 Å². The number of rotatable bonds is 5. The monoisotopic (exact) mass is 495 g/mol. The van der Waals surface area contributed by atoms with Crippen molar-refractivity contribution >= 4 is 46.5 Å². The number of amides is 3. The largest absolute Gasteiger partial charge is 0.353 e. The maximum atomic E-state index is 13.4. The van der Waals surface area contributed by atoms with Crippen molar-refractivity contribution in [2.45, 2.75) is 6.92 Å². The quantitative estimate of drug-likeness (QED) is 0.557. The van der Waals surface area contributed by atoms with Gasteiger partial charge >= 0.3 is 0 Å². The molecule has 180 valence electrons. The number of carbonyl (C=O) groups excluding carboxylic acids is 3. The van der Waals surface area contributed by atoms with Gasteiger partial charge in [0.05, 0.1) is 16.3 Å². The van der Waals surface area contributed by atoms with Crippen molar-refractivity contribution in [3.8, 4) is 0 Å². The number of nitrogens with zero attached hydrogens (tertiary/aromatic N) is 3. The van der Waals surface area contributed by atoms with Crippen LogP contribution in [0.2, 0.25) is 5.02 Å². The molecule has 0 radical (unpaired) electrons. The number of nitrogens with one attached hydrogen (secondary N) is 2. The molecule has 0 aliphatic carbocycles. The van der Waals surface area contributed by atoms with E-state index in [1.165, 1.54) is 30.5 Å². The van der Waals surface area contributed by atoms with Gasteiger partial charge in [-0.25, -0.2) is 9.37 Å². The zero-order chi connectivity index (χ0) is 24.9.